The molecule has 2 N–H and O–H groups in total. The average molecular weight is 426 g/mol. The van der Waals surface area contributed by atoms with Gasteiger partial charge in [-0.05, 0) is 0 Å². The van der Waals surface area contributed by atoms with Crippen molar-refractivity contribution >= 4 is 0 Å². The molecule has 2 rings (SSSR count). The van der Waals surface area contributed by atoms with E-state index >= 15 is 0 Å². The number of hydrogen-bond donors (Lipinski definition) is 2. The summed E-state index contributed by atoms with van der Waals surface area (Å²) in [5, 5.41) is 20.8. The summed E-state index contributed by atoms with van der Waals surface area (Å²) in [6.45, 7) is 0.271. The molecule has 29 heavy (non-hydrogen) atoms. The second-order valence-corrected chi connectivity index (χ2v) is 6.91. The normalized spacial score (nSPS) is 43.4. The van der Waals surface area contributed by atoms with E-state index in [0.29, 0.717) is 0 Å². The maximum Gasteiger partial charge on any atom is 0.187 e. The minimum absolute atomic E-state index is 0.132. The van der Waals surface area contributed by atoms with Crippen LogP contribution in [0.3, 0.4) is 0 Å². The van der Waals surface area contributed by atoms with E-state index in [9.17, 15) is 10.2 Å². The van der Waals surface area contributed by atoms with Gasteiger partial charge in [-0.3, -0.25) is 0 Å². The molecule has 0 aliphatic carbocycles. The van der Waals surface area contributed by atoms with Crippen LogP contribution in [0.25, 0.3) is 0 Å². The second-order valence-electron chi connectivity index (χ2n) is 6.91. The van der Waals surface area contributed by atoms with Crippen molar-refractivity contribution in [2.75, 3.05) is 55.9 Å². The zero-order valence-corrected chi connectivity index (χ0v) is 17.8. The van der Waals surface area contributed by atoms with Gasteiger partial charge in [-0.15, -0.1) is 0 Å². The first-order chi connectivity index (χ1) is 14.0. The van der Waals surface area contributed by atoms with Gasteiger partial charge in [0, 0.05) is 42.7 Å². The number of methoxy groups -OCH3 is 6. The van der Waals surface area contributed by atoms with Gasteiger partial charge in [-0.2, -0.15) is 0 Å². The van der Waals surface area contributed by atoms with Gasteiger partial charge in [-0.1, -0.05) is 0 Å². The zero-order chi connectivity index (χ0) is 21.6. The van der Waals surface area contributed by atoms with Crippen molar-refractivity contribution in [1.29, 1.82) is 0 Å². The first-order valence-corrected chi connectivity index (χ1v) is 9.38. The maximum absolute atomic E-state index is 10.5. The molecule has 2 heterocycles. The van der Waals surface area contributed by atoms with Gasteiger partial charge in [0.2, 0.25) is 0 Å². The van der Waals surface area contributed by atoms with Gasteiger partial charge in [0.05, 0.1) is 13.2 Å². The lowest BCUT2D eigenvalue weighted by atomic mass is 9.96. The summed E-state index contributed by atoms with van der Waals surface area (Å²) in [6, 6.07) is 0. The number of aliphatic hydroxyl groups is 2. The minimum Gasteiger partial charge on any atom is -0.387 e. The fourth-order valence-electron chi connectivity index (χ4n) is 3.85. The summed E-state index contributed by atoms with van der Waals surface area (Å²) in [4.78, 5) is 0. The van der Waals surface area contributed by atoms with Crippen LogP contribution < -0.4 is 0 Å². The average Bonchev–Trinajstić information content (AvgIpc) is 2.71. The molecule has 11 heteroatoms. The summed E-state index contributed by atoms with van der Waals surface area (Å²) in [5.41, 5.74) is 0. The molecule has 172 valence electrons. The van der Waals surface area contributed by atoms with Gasteiger partial charge >= 0.3 is 0 Å². The molecule has 0 spiro atoms. The highest BCUT2D eigenvalue weighted by molar-refractivity contribution is 4.95. The van der Waals surface area contributed by atoms with Crippen molar-refractivity contribution in [3.8, 4) is 0 Å². The van der Waals surface area contributed by atoms with E-state index < -0.39 is 61.4 Å². The summed E-state index contributed by atoms with van der Waals surface area (Å²) in [7, 11) is 8.89. The smallest absolute Gasteiger partial charge is 0.187 e. The van der Waals surface area contributed by atoms with Gasteiger partial charge in [0.1, 0.15) is 48.8 Å². The van der Waals surface area contributed by atoms with Crippen LogP contribution in [-0.2, 0) is 42.6 Å². The van der Waals surface area contributed by atoms with Crippen molar-refractivity contribution in [2.45, 2.75) is 61.4 Å². The molecule has 0 radical (unpaired) electrons. The van der Waals surface area contributed by atoms with E-state index in [-0.39, 0.29) is 13.2 Å². The largest absolute Gasteiger partial charge is 0.387 e. The Kier molecular flexibility index (Phi) is 10.1. The van der Waals surface area contributed by atoms with Gasteiger partial charge < -0.3 is 52.8 Å². The molecule has 0 aromatic carbocycles. The molecular formula is C18H34O11. The summed E-state index contributed by atoms with van der Waals surface area (Å²) in [6.07, 6.45) is -8.15. The van der Waals surface area contributed by atoms with Crippen molar-refractivity contribution in [2.24, 2.45) is 0 Å². The summed E-state index contributed by atoms with van der Waals surface area (Å²) >= 11 is 0. The van der Waals surface area contributed by atoms with Crippen molar-refractivity contribution in [1.82, 2.24) is 0 Å². The Morgan fingerprint density at radius 3 is 1.69 bits per heavy atom. The van der Waals surface area contributed by atoms with Gasteiger partial charge in [0.15, 0.2) is 12.6 Å². The lowest BCUT2D eigenvalue weighted by molar-refractivity contribution is -0.362. The third-order valence-electron chi connectivity index (χ3n) is 5.27. The van der Waals surface area contributed by atoms with Crippen LogP contribution in [0.15, 0.2) is 0 Å². The predicted octanol–water partition coefficient (Wildman–Crippen LogP) is -1.47. The molecular weight excluding hydrogens is 392 g/mol. The van der Waals surface area contributed by atoms with Crippen LogP contribution in [0.4, 0.5) is 0 Å². The molecule has 2 fully saturated rings. The molecule has 2 saturated heterocycles. The van der Waals surface area contributed by atoms with Crippen LogP contribution in [-0.4, -0.2) is 127 Å². The van der Waals surface area contributed by atoms with Crippen LogP contribution in [0, 0.1) is 0 Å². The minimum atomic E-state index is -1.22. The molecule has 0 aromatic heterocycles. The van der Waals surface area contributed by atoms with E-state index in [2.05, 4.69) is 0 Å². The second kappa shape index (κ2) is 11.8. The Labute approximate surface area is 171 Å². The van der Waals surface area contributed by atoms with E-state index in [4.69, 9.17) is 42.6 Å². The lowest BCUT2D eigenvalue weighted by Gasteiger charge is -2.48. The van der Waals surface area contributed by atoms with Crippen LogP contribution in [0.5, 0.6) is 0 Å². The quantitative estimate of drug-likeness (QED) is 0.425. The third kappa shape index (κ3) is 5.43. The fraction of sp³-hybridized carbons (Fsp3) is 1.00. The third-order valence-corrected chi connectivity index (χ3v) is 5.27. The zero-order valence-electron chi connectivity index (χ0n) is 17.8. The SMILES string of the molecule is COC[C@H]1O[C@H](O[C@H]2[C@H](OC)[C@@H](OC)[C@@H](O)O[C@@H]2COC)[C@H](OC)[C@@H](OC)[C@@H]1O. The number of aliphatic hydroxyl groups excluding tert-OH is 2. The Hall–Kier alpha value is -0.440. The van der Waals surface area contributed by atoms with Gasteiger partial charge in [-0.25, -0.2) is 0 Å². The Morgan fingerprint density at radius 1 is 0.621 bits per heavy atom. The Balaban J connectivity index is 2.28. The van der Waals surface area contributed by atoms with Crippen LogP contribution in [0.2, 0.25) is 0 Å². The topological polar surface area (TPSA) is 124 Å². The molecule has 0 unspecified atom stereocenters. The van der Waals surface area contributed by atoms with Crippen molar-refractivity contribution < 1.29 is 52.8 Å². The first-order valence-electron chi connectivity index (χ1n) is 9.38. The maximum atomic E-state index is 10.5. The molecule has 10 atom stereocenters. The highest BCUT2D eigenvalue weighted by Gasteiger charge is 2.52. The first kappa shape index (κ1) is 24.8. The van der Waals surface area contributed by atoms with E-state index in [0.717, 1.165) is 0 Å². The number of hydrogen-bond acceptors (Lipinski definition) is 11. The monoisotopic (exact) mass is 426 g/mol. The van der Waals surface area contributed by atoms with E-state index in [1.165, 1.54) is 42.7 Å². The molecule has 0 bridgehead atoms. The molecule has 0 aromatic rings. The molecule has 2 aliphatic heterocycles. The van der Waals surface area contributed by atoms with E-state index in [1.54, 1.807) is 0 Å². The number of ether oxygens (including phenoxy) is 9. The summed E-state index contributed by atoms with van der Waals surface area (Å²) < 4.78 is 50.0. The highest BCUT2D eigenvalue weighted by atomic mass is 16.7. The molecule has 0 saturated carbocycles. The standard InChI is InChI=1S/C18H34O11/c1-21-7-9-11(19)13(23-3)16(26-6)18(28-9)29-12-10(8-22-2)27-17(20)15(25-5)14(12)24-4/h9-20H,7-8H2,1-6H3/t9-,10-,11-,12-,13+,14+,15-,16-,17+,18-/m1/s1. The van der Waals surface area contributed by atoms with Crippen molar-refractivity contribution in [3.05, 3.63) is 0 Å². The summed E-state index contributed by atoms with van der Waals surface area (Å²) in [5.74, 6) is 0. The predicted molar refractivity (Wildman–Crippen MR) is 97.4 cm³/mol. The van der Waals surface area contributed by atoms with Crippen LogP contribution in [0.1, 0.15) is 0 Å². The van der Waals surface area contributed by atoms with Gasteiger partial charge in [0.25, 0.3) is 0 Å². The Morgan fingerprint density at radius 2 is 1.17 bits per heavy atom. The Bertz CT molecular complexity index is 467. The molecule has 0 amide bonds. The fourth-order valence-corrected chi connectivity index (χ4v) is 3.85. The molecule has 11 nitrogen and oxygen atoms in total. The molecule has 2 aliphatic rings. The van der Waals surface area contributed by atoms with E-state index in [1.807, 2.05) is 0 Å². The lowest BCUT2D eigenvalue weighted by Crippen LogP contribution is -2.65. The van der Waals surface area contributed by atoms with Crippen molar-refractivity contribution in [3.63, 3.8) is 0 Å². The highest BCUT2D eigenvalue weighted by Crippen LogP contribution is 2.32. The number of rotatable bonds is 10. The van der Waals surface area contributed by atoms with Crippen LogP contribution >= 0.6 is 0 Å².